The molecule has 0 bridgehead atoms. The van der Waals surface area contributed by atoms with Crippen LogP contribution in [0.15, 0.2) is 42.7 Å². The number of pyridine rings is 1. The Morgan fingerprint density at radius 2 is 1.96 bits per heavy atom. The summed E-state index contributed by atoms with van der Waals surface area (Å²) in [6.45, 7) is 2.51. The molecule has 136 valence electrons. The maximum absolute atomic E-state index is 11.1. The van der Waals surface area contributed by atoms with E-state index in [0.717, 1.165) is 25.1 Å². The number of rotatable bonds is 5. The summed E-state index contributed by atoms with van der Waals surface area (Å²) >= 11 is 1.39. The third kappa shape index (κ3) is 4.76. The fourth-order valence-corrected chi connectivity index (χ4v) is 3.95. The molecule has 0 saturated carbocycles. The quantitative estimate of drug-likeness (QED) is 0.740. The molecule has 1 aliphatic rings. The summed E-state index contributed by atoms with van der Waals surface area (Å²) in [4.78, 5) is 13.2. The van der Waals surface area contributed by atoms with Crippen molar-refractivity contribution in [2.45, 2.75) is 32.7 Å². The first kappa shape index (κ1) is 18.7. The molecule has 1 aliphatic carbocycles. The monoisotopic (exact) mass is 367 g/mol. The van der Waals surface area contributed by atoms with Crippen LogP contribution in [-0.2, 0) is 17.8 Å². The van der Waals surface area contributed by atoms with E-state index in [0.29, 0.717) is 0 Å². The van der Waals surface area contributed by atoms with Gasteiger partial charge in [0.15, 0.2) is 24.1 Å². The van der Waals surface area contributed by atoms with Crippen LogP contribution in [-0.4, -0.2) is 25.0 Å². The van der Waals surface area contributed by atoms with Gasteiger partial charge in [-0.1, -0.05) is 30.0 Å². The van der Waals surface area contributed by atoms with E-state index < -0.39 is 0 Å². The average Bonchev–Trinajstić information content (AvgIpc) is 2.62. The van der Waals surface area contributed by atoms with Gasteiger partial charge in [-0.25, -0.2) is 4.57 Å². The Balaban J connectivity index is 1.78. The van der Waals surface area contributed by atoms with Gasteiger partial charge in [0.2, 0.25) is 0 Å². The fraction of sp³-hybridized carbons (Fsp3) is 0.364. The number of fused-ring (bicyclic) bond motifs is 1. The van der Waals surface area contributed by atoms with Crippen LogP contribution in [0.1, 0.15) is 36.5 Å². The maximum Gasteiger partial charge on any atom is 0.186 e. The molecule has 4 heteroatoms. The van der Waals surface area contributed by atoms with E-state index in [-0.39, 0.29) is 5.12 Å². The Kier molecular flexibility index (Phi) is 6.15. The number of carbonyl (C=O) groups excluding carboxylic acids is 1. The molecule has 1 aromatic heterocycles. The van der Waals surface area contributed by atoms with Gasteiger partial charge in [-0.2, -0.15) is 0 Å². The van der Waals surface area contributed by atoms with E-state index in [2.05, 4.69) is 72.4 Å². The van der Waals surface area contributed by atoms with E-state index in [9.17, 15) is 4.79 Å². The lowest BCUT2D eigenvalue weighted by Gasteiger charge is -2.18. The zero-order valence-corrected chi connectivity index (χ0v) is 16.7. The maximum atomic E-state index is 11.1. The fourth-order valence-electron chi connectivity index (χ4n) is 3.36. The first-order valence-corrected chi connectivity index (χ1v) is 10.1. The lowest BCUT2D eigenvalue weighted by atomic mass is 9.87. The van der Waals surface area contributed by atoms with Crippen molar-refractivity contribution in [1.82, 2.24) is 0 Å². The summed E-state index contributed by atoms with van der Waals surface area (Å²) in [5.41, 5.74) is 6.70. The number of nitrogens with zero attached hydrogens (tertiary/aromatic N) is 2. The molecule has 0 spiro atoms. The van der Waals surface area contributed by atoms with Crippen LogP contribution in [0.4, 0.5) is 5.69 Å². The minimum Gasteiger partial charge on any atom is -0.378 e. The van der Waals surface area contributed by atoms with Gasteiger partial charge in [-0.15, -0.1) is 0 Å². The Labute approximate surface area is 160 Å². The van der Waals surface area contributed by atoms with Crippen LogP contribution in [0.3, 0.4) is 0 Å². The predicted molar refractivity (Wildman–Crippen MR) is 111 cm³/mol. The molecule has 1 heterocycles. The second-order valence-corrected chi connectivity index (χ2v) is 8.24. The lowest BCUT2D eigenvalue weighted by molar-refractivity contribution is -0.692. The van der Waals surface area contributed by atoms with Gasteiger partial charge >= 0.3 is 0 Å². The molecule has 2 aromatic rings. The number of benzene rings is 1. The topological polar surface area (TPSA) is 24.2 Å². The van der Waals surface area contributed by atoms with Crippen LogP contribution in [0.2, 0.25) is 0 Å². The van der Waals surface area contributed by atoms with Crippen molar-refractivity contribution in [3.63, 3.8) is 0 Å². The molecule has 0 amide bonds. The van der Waals surface area contributed by atoms with Gasteiger partial charge < -0.3 is 4.90 Å². The van der Waals surface area contributed by atoms with E-state index in [1.54, 1.807) is 6.92 Å². The summed E-state index contributed by atoms with van der Waals surface area (Å²) in [5.74, 6) is 0.833. The van der Waals surface area contributed by atoms with Crippen molar-refractivity contribution >= 4 is 34.2 Å². The number of hydrogen-bond acceptors (Lipinski definition) is 3. The first-order valence-electron chi connectivity index (χ1n) is 9.16. The van der Waals surface area contributed by atoms with Crippen LogP contribution in [0.5, 0.6) is 0 Å². The van der Waals surface area contributed by atoms with E-state index >= 15 is 0 Å². The summed E-state index contributed by atoms with van der Waals surface area (Å²) in [5, 5.41) is 0.189. The standard InChI is InChI=1S/C22H27N2OS/c1-17(25)26-14-13-24-12-11-22-19(5-4-6-20(22)16-24)15-18-7-9-21(10-8-18)23(2)3/h7-12,15-16H,4-6,13-14H2,1-3H3/q+1. The Hall–Kier alpha value is -2.07. The summed E-state index contributed by atoms with van der Waals surface area (Å²) < 4.78 is 2.21. The molecule has 1 aromatic carbocycles. The van der Waals surface area contributed by atoms with Gasteiger partial charge in [-0.05, 0) is 48.1 Å². The van der Waals surface area contributed by atoms with Crippen LogP contribution in [0.25, 0.3) is 11.6 Å². The molecule has 0 fully saturated rings. The van der Waals surface area contributed by atoms with Crippen molar-refractivity contribution in [2.75, 3.05) is 24.7 Å². The second kappa shape index (κ2) is 8.54. The van der Waals surface area contributed by atoms with Crippen LogP contribution >= 0.6 is 11.8 Å². The zero-order valence-electron chi connectivity index (χ0n) is 15.9. The number of allylic oxidation sites excluding steroid dienone is 1. The first-order chi connectivity index (χ1) is 12.5. The Morgan fingerprint density at radius 1 is 1.19 bits per heavy atom. The van der Waals surface area contributed by atoms with Crippen molar-refractivity contribution in [3.05, 3.63) is 59.4 Å². The van der Waals surface area contributed by atoms with Crippen molar-refractivity contribution in [1.29, 1.82) is 0 Å². The molecule has 26 heavy (non-hydrogen) atoms. The number of thioether (sulfide) groups is 1. The van der Waals surface area contributed by atoms with Gasteiger partial charge in [0.1, 0.15) is 0 Å². The van der Waals surface area contributed by atoms with Crippen LogP contribution < -0.4 is 9.47 Å². The molecule has 0 aliphatic heterocycles. The minimum atomic E-state index is 0.189. The second-order valence-electron chi connectivity index (χ2n) is 6.97. The highest BCUT2D eigenvalue weighted by molar-refractivity contribution is 8.13. The number of carbonyl (C=O) groups is 1. The Morgan fingerprint density at radius 3 is 2.65 bits per heavy atom. The molecule has 0 N–H and O–H groups in total. The van der Waals surface area contributed by atoms with Crippen LogP contribution in [0, 0.1) is 0 Å². The number of anilines is 1. The van der Waals surface area contributed by atoms with Gasteiger partial charge in [0, 0.05) is 38.3 Å². The van der Waals surface area contributed by atoms with Gasteiger partial charge in [-0.3, -0.25) is 4.79 Å². The summed E-state index contributed by atoms with van der Waals surface area (Å²) in [7, 11) is 4.13. The average molecular weight is 368 g/mol. The predicted octanol–water partition coefficient (Wildman–Crippen LogP) is 4.20. The largest absolute Gasteiger partial charge is 0.378 e. The summed E-state index contributed by atoms with van der Waals surface area (Å²) in [6, 6.07) is 11.0. The van der Waals surface area contributed by atoms with E-state index in [1.807, 2.05) is 0 Å². The van der Waals surface area contributed by atoms with E-state index in [4.69, 9.17) is 0 Å². The highest BCUT2D eigenvalue weighted by atomic mass is 32.2. The zero-order chi connectivity index (χ0) is 18.5. The number of aryl methyl sites for hydroxylation is 2. The molecule has 0 atom stereocenters. The van der Waals surface area contributed by atoms with Crippen molar-refractivity contribution in [3.8, 4) is 0 Å². The highest BCUT2D eigenvalue weighted by Crippen LogP contribution is 2.31. The third-order valence-corrected chi connectivity index (χ3v) is 5.54. The van der Waals surface area contributed by atoms with Crippen molar-refractivity contribution < 1.29 is 9.36 Å². The normalized spacial score (nSPS) is 15.0. The van der Waals surface area contributed by atoms with Crippen molar-refractivity contribution in [2.24, 2.45) is 0 Å². The summed E-state index contributed by atoms with van der Waals surface area (Å²) in [6.07, 6.45) is 10.2. The molecule has 3 nitrogen and oxygen atoms in total. The molecular weight excluding hydrogens is 340 g/mol. The molecule has 0 unspecified atom stereocenters. The SMILES string of the molecule is CC(=O)SCC[n+]1ccc2c(c1)CCC/C2=C\c1ccc(N(C)C)cc1. The smallest absolute Gasteiger partial charge is 0.186 e. The lowest BCUT2D eigenvalue weighted by Crippen LogP contribution is -2.35. The minimum absolute atomic E-state index is 0.189. The third-order valence-electron chi connectivity index (χ3n) is 4.74. The van der Waals surface area contributed by atoms with Gasteiger partial charge in [0.05, 0.1) is 5.75 Å². The number of hydrogen-bond donors (Lipinski definition) is 0. The highest BCUT2D eigenvalue weighted by Gasteiger charge is 2.17. The Bertz CT molecular complexity index is 809. The molecule has 0 saturated heterocycles. The van der Waals surface area contributed by atoms with Gasteiger partial charge in [0.25, 0.3) is 0 Å². The molecule has 3 rings (SSSR count). The van der Waals surface area contributed by atoms with E-state index in [1.165, 1.54) is 46.1 Å². The molecule has 0 radical (unpaired) electrons. The molecular formula is C22H27N2OS+. The number of aromatic nitrogens is 1.